The van der Waals surface area contributed by atoms with E-state index in [-0.39, 0.29) is 44.7 Å². The molecule has 0 fully saturated rings. The smallest absolute Gasteiger partial charge is 0.276 e. The molecule has 132 valence electrons. The van der Waals surface area contributed by atoms with Crippen molar-refractivity contribution >= 4 is 11.6 Å². The van der Waals surface area contributed by atoms with Crippen LogP contribution in [0.15, 0.2) is 12.1 Å². The number of methoxy groups -OCH3 is 1. The van der Waals surface area contributed by atoms with Crippen LogP contribution in [0, 0.1) is 10.1 Å². The Bertz CT molecular complexity index is 531. The number of amides is 1. The Morgan fingerprint density at radius 3 is 2.39 bits per heavy atom. The Balaban J connectivity index is 0. The zero-order chi connectivity index (χ0) is 16.0. The lowest BCUT2D eigenvalue weighted by Gasteiger charge is -2.15. The summed E-state index contributed by atoms with van der Waals surface area (Å²) in [4.78, 5) is 22.0. The summed E-state index contributed by atoms with van der Waals surface area (Å²) in [6.45, 7) is 3.64. The van der Waals surface area contributed by atoms with Crippen LogP contribution in [0.5, 0.6) is 11.5 Å². The van der Waals surface area contributed by atoms with E-state index < -0.39 is 4.92 Å². The molecule has 1 rings (SSSR count). The van der Waals surface area contributed by atoms with Crippen LogP contribution in [0.1, 0.15) is 46.6 Å². The normalized spacial score (nSPS) is 10.6. The number of ether oxygens (including phenoxy) is 2. The van der Waals surface area contributed by atoms with Gasteiger partial charge in [0.05, 0.1) is 18.1 Å². The number of hydrogen-bond acceptors (Lipinski definition) is 5. The van der Waals surface area contributed by atoms with Crippen molar-refractivity contribution in [1.29, 1.82) is 0 Å². The van der Waals surface area contributed by atoms with Gasteiger partial charge in [0, 0.05) is 12.6 Å². The number of carbonyl (C=O) groups excluding carboxylic acids is 1. The van der Waals surface area contributed by atoms with E-state index in [2.05, 4.69) is 5.32 Å². The number of nitro benzene ring substituents is 1. The molecular weight excluding hydrogens is 300 g/mol. The third kappa shape index (κ3) is 5.77. The van der Waals surface area contributed by atoms with Crippen molar-refractivity contribution in [3.8, 4) is 11.5 Å². The van der Waals surface area contributed by atoms with Crippen LogP contribution in [0.25, 0.3) is 0 Å². The number of carbonyl (C=O) groups is 1. The minimum Gasteiger partial charge on any atom is -0.493 e. The Hall–Kier alpha value is -2.31. The third-order valence-electron chi connectivity index (χ3n) is 3.29. The molecule has 0 aliphatic rings. The molecular formula is C16H28N2O5. The molecule has 7 nitrogen and oxygen atoms in total. The van der Waals surface area contributed by atoms with Crippen molar-refractivity contribution in [3.63, 3.8) is 0 Å². The SMILES string of the molecule is C.C.CCC(C)c1cc(OC)c(OCC(=O)NC)cc1[N+](=O)[O-]. The summed E-state index contributed by atoms with van der Waals surface area (Å²) >= 11 is 0. The molecule has 0 radical (unpaired) electrons. The second kappa shape index (κ2) is 10.4. The van der Waals surface area contributed by atoms with Crippen LogP contribution >= 0.6 is 0 Å². The molecule has 0 saturated carbocycles. The van der Waals surface area contributed by atoms with Crippen LogP contribution in [0.4, 0.5) is 5.69 Å². The van der Waals surface area contributed by atoms with Gasteiger partial charge in [-0.2, -0.15) is 0 Å². The van der Waals surface area contributed by atoms with Gasteiger partial charge in [0.15, 0.2) is 18.1 Å². The molecule has 0 heterocycles. The first-order chi connectivity index (χ1) is 9.94. The van der Waals surface area contributed by atoms with E-state index in [9.17, 15) is 14.9 Å². The molecule has 0 bridgehead atoms. The average Bonchev–Trinajstić information content (AvgIpc) is 2.50. The van der Waals surface area contributed by atoms with Crippen molar-refractivity contribution < 1.29 is 19.2 Å². The van der Waals surface area contributed by atoms with Gasteiger partial charge in [0.2, 0.25) is 0 Å². The lowest BCUT2D eigenvalue weighted by Crippen LogP contribution is -2.25. The number of nitrogens with zero attached hydrogens (tertiary/aromatic N) is 1. The van der Waals surface area contributed by atoms with Crippen molar-refractivity contribution in [2.45, 2.75) is 41.0 Å². The molecule has 1 aromatic carbocycles. The molecule has 0 aromatic heterocycles. The molecule has 0 aliphatic heterocycles. The van der Waals surface area contributed by atoms with E-state index in [1.54, 1.807) is 6.07 Å². The first kappa shape index (κ1) is 23.0. The molecule has 1 unspecified atom stereocenters. The first-order valence-corrected chi connectivity index (χ1v) is 6.64. The van der Waals surface area contributed by atoms with Gasteiger partial charge in [0.1, 0.15) is 0 Å². The maximum Gasteiger partial charge on any atom is 0.276 e. The second-order valence-corrected chi connectivity index (χ2v) is 4.59. The molecule has 1 aromatic rings. The summed E-state index contributed by atoms with van der Waals surface area (Å²) in [5.74, 6) is 0.248. The van der Waals surface area contributed by atoms with Gasteiger partial charge in [-0.3, -0.25) is 14.9 Å². The largest absolute Gasteiger partial charge is 0.493 e. The quantitative estimate of drug-likeness (QED) is 0.611. The monoisotopic (exact) mass is 328 g/mol. The van der Waals surface area contributed by atoms with Crippen LogP contribution in [0.3, 0.4) is 0 Å². The minimum atomic E-state index is -0.451. The van der Waals surface area contributed by atoms with Gasteiger partial charge in [-0.25, -0.2) is 0 Å². The number of benzene rings is 1. The third-order valence-corrected chi connectivity index (χ3v) is 3.29. The average molecular weight is 328 g/mol. The zero-order valence-corrected chi connectivity index (χ0v) is 12.6. The molecule has 1 N–H and O–H groups in total. The number of hydrogen-bond donors (Lipinski definition) is 1. The van der Waals surface area contributed by atoms with E-state index in [1.807, 2.05) is 13.8 Å². The summed E-state index contributed by atoms with van der Waals surface area (Å²) in [5, 5.41) is 13.6. The molecule has 1 atom stereocenters. The van der Waals surface area contributed by atoms with Crippen molar-refractivity contribution in [3.05, 3.63) is 27.8 Å². The van der Waals surface area contributed by atoms with E-state index in [0.717, 1.165) is 6.42 Å². The first-order valence-electron chi connectivity index (χ1n) is 6.64. The molecule has 23 heavy (non-hydrogen) atoms. The van der Waals surface area contributed by atoms with Gasteiger partial charge in [-0.15, -0.1) is 0 Å². The lowest BCUT2D eigenvalue weighted by atomic mass is 9.96. The predicted octanol–water partition coefficient (Wildman–Crippen LogP) is 3.51. The Kier molecular flexibility index (Phi) is 10.4. The van der Waals surface area contributed by atoms with Crippen LogP contribution in [-0.2, 0) is 4.79 Å². The van der Waals surface area contributed by atoms with Gasteiger partial charge >= 0.3 is 0 Å². The summed E-state index contributed by atoms with van der Waals surface area (Å²) < 4.78 is 10.5. The van der Waals surface area contributed by atoms with Gasteiger partial charge in [-0.05, 0) is 18.4 Å². The molecule has 0 saturated heterocycles. The molecule has 0 aliphatic carbocycles. The molecule has 1 amide bonds. The summed E-state index contributed by atoms with van der Waals surface area (Å²) in [6, 6.07) is 2.91. The highest BCUT2D eigenvalue weighted by molar-refractivity contribution is 5.77. The van der Waals surface area contributed by atoms with Crippen LogP contribution in [0.2, 0.25) is 0 Å². The topological polar surface area (TPSA) is 90.7 Å². The standard InChI is InChI=1S/C14H20N2O5.2CH4/c1-5-9(2)10-6-12(20-4)13(7-11(10)16(18)19)21-8-14(17)15-3;;/h6-7,9H,5,8H2,1-4H3,(H,15,17);2*1H4. The Morgan fingerprint density at radius 2 is 1.96 bits per heavy atom. The highest BCUT2D eigenvalue weighted by atomic mass is 16.6. The minimum absolute atomic E-state index is 0. The summed E-state index contributed by atoms with van der Waals surface area (Å²) in [6.07, 6.45) is 0.766. The lowest BCUT2D eigenvalue weighted by molar-refractivity contribution is -0.385. The summed E-state index contributed by atoms with van der Waals surface area (Å²) in [5.41, 5.74) is 0.559. The maximum atomic E-state index is 11.2. The fourth-order valence-corrected chi connectivity index (χ4v) is 1.83. The fraction of sp³-hybridized carbons (Fsp3) is 0.562. The van der Waals surface area contributed by atoms with E-state index in [0.29, 0.717) is 11.3 Å². The van der Waals surface area contributed by atoms with Crippen molar-refractivity contribution in [2.24, 2.45) is 0 Å². The van der Waals surface area contributed by atoms with Gasteiger partial charge < -0.3 is 14.8 Å². The van der Waals surface area contributed by atoms with Crippen molar-refractivity contribution in [1.82, 2.24) is 5.32 Å². The second-order valence-electron chi connectivity index (χ2n) is 4.59. The Morgan fingerprint density at radius 1 is 1.35 bits per heavy atom. The van der Waals surface area contributed by atoms with Crippen molar-refractivity contribution in [2.75, 3.05) is 20.8 Å². The molecule has 0 spiro atoms. The predicted molar refractivity (Wildman–Crippen MR) is 91.4 cm³/mol. The number of likely N-dealkylation sites (N-methyl/N-ethyl adjacent to an activating group) is 1. The fourth-order valence-electron chi connectivity index (χ4n) is 1.83. The van der Waals surface area contributed by atoms with E-state index >= 15 is 0 Å². The van der Waals surface area contributed by atoms with Crippen LogP contribution < -0.4 is 14.8 Å². The number of rotatable bonds is 7. The van der Waals surface area contributed by atoms with Gasteiger partial charge in [0.25, 0.3) is 11.6 Å². The van der Waals surface area contributed by atoms with E-state index in [4.69, 9.17) is 9.47 Å². The van der Waals surface area contributed by atoms with Crippen LogP contribution in [-0.4, -0.2) is 31.6 Å². The van der Waals surface area contributed by atoms with Gasteiger partial charge in [-0.1, -0.05) is 28.7 Å². The molecule has 7 heteroatoms. The number of nitro groups is 1. The number of nitrogens with one attached hydrogen (secondary N) is 1. The highest BCUT2D eigenvalue weighted by Gasteiger charge is 2.23. The zero-order valence-electron chi connectivity index (χ0n) is 12.6. The summed E-state index contributed by atoms with van der Waals surface area (Å²) in [7, 11) is 2.94. The Labute approximate surface area is 138 Å². The van der Waals surface area contributed by atoms with E-state index in [1.165, 1.54) is 20.2 Å². The maximum absolute atomic E-state index is 11.2. The highest BCUT2D eigenvalue weighted by Crippen LogP contribution is 2.38.